The van der Waals surface area contributed by atoms with E-state index in [1.807, 2.05) is 24.4 Å². The molecule has 2 aromatic rings. The Kier molecular flexibility index (Phi) is 2.22. The molecular weight excluding hydrogens is 202 g/mol. The SMILES string of the molecule is O=C1CCN[C@H](c2ccc3[nH]ccc3n2)C1. The molecule has 0 radical (unpaired) electrons. The largest absolute Gasteiger partial charge is 0.360 e. The molecule has 0 aliphatic carbocycles. The number of ketones is 1. The van der Waals surface area contributed by atoms with Gasteiger partial charge in [0.05, 0.1) is 22.8 Å². The standard InChI is InChI=1S/C12H13N3O/c16-8-3-5-14-12(7-8)10-2-1-9-11(15-10)4-6-13-9/h1-2,4,6,12-14H,3,5,7H2/t12-/m0/s1. The van der Waals surface area contributed by atoms with E-state index in [2.05, 4.69) is 15.3 Å². The molecule has 0 spiro atoms. The number of carbonyl (C=O) groups is 1. The molecule has 0 unspecified atom stereocenters. The Morgan fingerprint density at radius 1 is 1.31 bits per heavy atom. The summed E-state index contributed by atoms with van der Waals surface area (Å²) in [6, 6.07) is 6.03. The van der Waals surface area contributed by atoms with Crippen molar-refractivity contribution < 1.29 is 4.79 Å². The second-order valence-electron chi connectivity index (χ2n) is 4.15. The number of aromatic amines is 1. The highest BCUT2D eigenvalue weighted by Crippen LogP contribution is 2.21. The van der Waals surface area contributed by atoms with Crippen LogP contribution >= 0.6 is 0 Å². The summed E-state index contributed by atoms with van der Waals surface area (Å²) in [6.07, 6.45) is 3.08. The fraction of sp³-hybridized carbons (Fsp3) is 0.333. The molecule has 82 valence electrons. The van der Waals surface area contributed by atoms with Gasteiger partial charge in [0.15, 0.2) is 0 Å². The molecule has 1 atom stereocenters. The number of Topliss-reactive ketones (excluding diaryl/α,β-unsaturated/α-hetero) is 1. The summed E-state index contributed by atoms with van der Waals surface area (Å²) in [5, 5.41) is 3.33. The van der Waals surface area contributed by atoms with E-state index in [1.165, 1.54) is 0 Å². The Morgan fingerprint density at radius 3 is 3.12 bits per heavy atom. The summed E-state index contributed by atoms with van der Waals surface area (Å²) >= 11 is 0. The molecule has 4 nitrogen and oxygen atoms in total. The van der Waals surface area contributed by atoms with Crippen LogP contribution in [0.5, 0.6) is 0 Å². The first-order chi connectivity index (χ1) is 7.83. The third-order valence-electron chi connectivity index (χ3n) is 3.01. The predicted octanol–water partition coefficient (Wildman–Crippen LogP) is 1.56. The number of aromatic nitrogens is 2. The van der Waals surface area contributed by atoms with E-state index in [-0.39, 0.29) is 6.04 Å². The van der Waals surface area contributed by atoms with Gasteiger partial charge in [-0.2, -0.15) is 0 Å². The van der Waals surface area contributed by atoms with Crippen molar-refractivity contribution in [1.29, 1.82) is 0 Å². The van der Waals surface area contributed by atoms with Crippen LogP contribution in [0.2, 0.25) is 0 Å². The van der Waals surface area contributed by atoms with Crippen molar-refractivity contribution in [2.45, 2.75) is 18.9 Å². The predicted molar refractivity (Wildman–Crippen MR) is 61.1 cm³/mol. The number of nitrogens with zero attached hydrogens (tertiary/aromatic N) is 1. The van der Waals surface area contributed by atoms with E-state index in [4.69, 9.17) is 0 Å². The van der Waals surface area contributed by atoms with E-state index in [0.717, 1.165) is 23.3 Å². The zero-order valence-electron chi connectivity index (χ0n) is 8.86. The van der Waals surface area contributed by atoms with Crippen LogP contribution in [0.3, 0.4) is 0 Å². The maximum Gasteiger partial charge on any atom is 0.136 e. The van der Waals surface area contributed by atoms with Gasteiger partial charge in [-0.05, 0) is 18.2 Å². The zero-order valence-corrected chi connectivity index (χ0v) is 8.86. The van der Waals surface area contributed by atoms with Crippen LogP contribution in [-0.4, -0.2) is 22.3 Å². The van der Waals surface area contributed by atoms with Crippen molar-refractivity contribution in [2.24, 2.45) is 0 Å². The summed E-state index contributed by atoms with van der Waals surface area (Å²) < 4.78 is 0. The lowest BCUT2D eigenvalue weighted by molar-refractivity contribution is -0.120. The fourth-order valence-electron chi connectivity index (χ4n) is 2.14. The summed E-state index contributed by atoms with van der Waals surface area (Å²) in [4.78, 5) is 19.0. The summed E-state index contributed by atoms with van der Waals surface area (Å²) in [6.45, 7) is 0.760. The van der Waals surface area contributed by atoms with E-state index in [9.17, 15) is 4.79 Å². The minimum Gasteiger partial charge on any atom is -0.360 e. The van der Waals surface area contributed by atoms with Crippen molar-refractivity contribution >= 4 is 16.8 Å². The quantitative estimate of drug-likeness (QED) is 0.759. The maximum atomic E-state index is 11.4. The molecule has 2 aromatic heterocycles. The minimum absolute atomic E-state index is 0.0838. The third-order valence-corrected chi connectivity index (χ3v) is 3.01. The van der Waals surface area contributed by atoms with Crippen LogP contribution in [0.25, 0.3) is 11.0 Å². The molecule has 2 N–H and O–H groups in total. The molecule has 0 bridgehead atoms. The smallest absolute Gasteiger partial charge is 0.136 e. The van der Waals surface area contributed by atoms with Crippen molar-refractivity contribution in [3.63, 3.8) is 0 Å². The van der Waals surface area contributed by atoms with Crippen LogP contribution in [-0.2, 0) is 4.79 Å². The Balaban J connectivity index is 1.95. The molecule has 4 heteroatoms. The van der Waals surface area contributed by atoms with Gasteiger partial charge in [0, 0.05) is 25.6 Å². The number of rotatable bonds is 1. The van der Waals surface area contributed by atoms with E-state index < -0.39 is 0 Å². The second kappa shape index (κ2) is 3.72. The van der Waals surface area contributed by atoms with Gasteiger partial charge in [0.25, 0.3) is 0 Å². The van der Waals surface area contributed by atoms with Gasteiger partial charge in [-0.15, -0.1) is 0 Å². The van der Waals surface area contributed by atoms with Crippen molar-refractivity contribution in [3.05, 3.63) is 30.1 Å². The molecule has 0 amide bonds. The van der Waals surface area contributed by atoms with Gasteiger partial charge in [0.1, 0.15) is 5.78 Å². The Bertz CT molecular complexity index is 532. The van der Waals surface area contributed by atoms with Gasteiger partial charge < -0.3 is 10.3 Å². The van der Waals surface area contributed by atoms with Crippen LogP contribution in [0, 0.1) is 0 Å². The highest BCUT2D eigenvalue weighted by molar-refractivity contribution is 5.80. The molecule has 1 saturated heterocycles. The average Bonchev–Trinajstić information content (AvgIpc) is 2.75. The topological polar surface area (TPSA) is 57.8 Å². The van der Waals surface area contributed by atoms with Gasteiger partial charge >= 0.3 is 0 Å². The Morgan fingerprint density at radius 2 is 2.25 bits per heavy atom. The number of hydrogen-bond donors (Lipinski definition) is 2. The van der Waals surface area contributed by atoms with Crippen LogP contribution in [0.4, 0.5) is 0 Å². The lowest BCUT2D eigenvalue weighted by Crippen LogP contribution is -2.32. The van der Waals surface area contributed by atoms with Gasteiger partial charge in [-0.1, -0.05) is 0 Å². The lowest BCUT2D eigenvalue weighted by Gasteiger charge is -2.22. The number of carbonyl (C=O) groups excluding carboxylic acids is 1. The number of H-pyrrole nitrogens is 1. The Labute approximate surface area is 93.1 Å². The summed E-state index contributed by atoms with van der Waals surface area (Å²) in [5.74, 6) is 0.319. The monoisotopic (exact) mass is 215 g/mol. The van der Waals surface area contributed by atoms with Crippen molar-refractivity contribution in [3.8, 4) is 0 Å². The summed E-state index contributed by atoms with van der Waals surface area (Å²) in [7, 11) is 0. The number of hydrogen-bond acceptors (Lipinski definition) is 3. The highest BCUT2D eigenvalue weighted by Gasteiger charge is 2.21. The molecule has 1 fully saturated rings. The molecular formula is C12H13N3O. The Hall–Kier alpha value is -1.68. The first kappa shape index (κ1) is 9.54. The zero-order chi connectivity index (χ0) is 11.0. The first-order valence-corrected chi connectivity index (χ1v) is 5.52. The second-order valence-corrected chi connectivity index (χ2v) is 4.15. The molecule has 16 heavy (non-hydrogen) atoms. The van der Waals surface area contributed by atoms with E-state index in [1.54, 1.807) is 0 Å². The molecule has 3 heterocycles. The van der Waals surface area contributed by atoms with Gasteiger partial charge in [0.2, 0.25) is 0 Å². The third kappa shape index (κ3) is 1.61. The normalized spacial score (nSPS) is 21.5. The average molecular weight is 215 g/mol. The summed E-state index contributed by atoms with van der Waals surface area (Å²) in [5.41, 5.74) is 2.95. The number of nitrogens with one attached hydrogen (secondary N) is 2. The van der Waals surface area contributed by atoms with Gasteiger partial charge in [-0.3, -0.25) is 4.79 Å². The lowest BCUT2D eigenvalue weighted by atomic mass is 10.0. The molecule has 1 aliphatic heterocycles. The van der Waals surface area contributed by atoms with Crippen LogP contribution in [0.15, 0.2) is 24.4 Å². The molecule has 0 aromatic carbocycles. The molecule has 1 aliphatic rings. The first-order valence-electron chi connectivity index (χ1n) is 5.52. The van der Waals surface area contributed by atoms with E-state index >= 15 is 0 Å². The van der Waals surface area contributed by atoms with E-state index in [0.29, 0.717) is 18.6 Å². The van der Waals surface area contributed by atoms with Crippen LogP contribution < -0.4 is 5.32 Å². The minimum atomic E-state index is 0.0838. The van der Waals surface area contributed by atoms with Crippen molar-refractivity contribution in [1.82, 2.24) is 15.3 Å². The number of piperidine rings is 1. The van der Waals surface area contributed by atoms with Crippen molar-refractivity contribution in [2.75, 3.05) is 6.54 Å². The van der Waals surface area contributed by atoms with Gasteiger partial charge in [-0.25, -0.2) is 4.98 Å². The van der Waals surface area contributed by atoms with Crippen LogP contribution in [0.1, 0.15) is 24.6 Å². The highest BCUT2D eigenvalue weighted by atomic mass is 16.1. The fourth-order valence-corrected chi connectivity index (χ4v) is 2.14. The molecule has 3 rings (SSSR count). The molecule has 0 saturated carbocycles. The number of pyridine rings is 1. The number of fused-ring (bicyclic) bond motifs is 1. The maximum absolute atomic E-state index is 11.4.